The van der Waals surface area contributed by atoms with Gasteiger partial charge in [0.15, 0.2) is 4.80 Å². The Morgan fingerprint density at radius 3 is 2.57 bits per heavy atom. The fourth-order valence-corrected chi connectivity index (χ4v) is 6.26. The summed E-state index contributed by atoms with van der Waals surface area (Å²) >= 11 is 7.30. The van der Waals surface area contributed by atoms with Gasteiger partial charge in [0.05, 0.1) is 39.1 Å². The molecule has 3 aromatic carbocycles. The van der Waals surface area contributed by atoms with Crippen molar-refractivity contribution in [1.82, 2.24) is 14.3 Å². The zero-order valence-electron chi connectivity index (χ0n) is 23.5. The van der Waals surface area contributed by atoms with Gasteiger partial charge in [-0.1, -0.05) is 65.4 Å². The lowest BCUT2D eigenvalue weighted by molar-refractivity contribution is -0.384. The maximum atomic E-state index is 14.2. The Bertz CT molecular complexity index is 2130. The summed E-state index contributed by atoms with van der Waals surface area (Å²) in [5.74, 6) is -0.645. The van der Waals surface area contributed by atoms with E-state index in [-0.39, 0.29) is 17.9 Å². The zero-order valence-corrected chi connectivity index (χ0v) is 25.1. The predicted octanol–water partition coefficient (Wildman–Crippen LogP) is 5.21. The molecule has 1 aliphatic heterocycles. The van der Waals surface area contributed by atoms with Gasteiger partial charge in [-0.2, -0.15) is 5.10 Å². The average Bonchev–Trinajstić information content (AvgIpc) is 3.58. The van der Waals surface area contributed by atoms with Gasteiger partial charge in [0.2, 0.25) is 0 Å². The lowest BCUT2D eigenvalue weighted by Gasteiger charge is -2.24. The summed E-state index contributed by atoms with van der Waals surface area (Å²) in [7, 11) is 0. The van der Waals surface area contributed by atoms with Gasteiger partial charge in [-0.3, -0.25) is 19.5 Å². The normalized spacial score (nSPS) is 14.7. The molecule has 0 saturated carbocycles. The van der Waals surface area contributed by atoms with E-state index < -0.39 is 22.5 Å². The Morgan fingerprint density at radius 1 is 1.11 bits per heavy atom. The van der Waals surface area contributed by atoms with Crippen LogP contribution in [0.4, 0.5) is 5.69 Å². The van der Waals surface area contributed by atoms with E-state index in [1.165, 1.54) is 22.8 Å². The molecule has 0 spiro atoms. The Kier molecular flexibility index (Phi) is 7.81. The number of nitro groups is 1. The number of esters is 1. The Balaban J connectivity index is 1.57. The van der Waals surface area contributed by atoms with Crippen LogP contribution in [-0.2, 0) is 9.53 Å². The van der Waals surface area contributed by atoms with Gasteiger partial charge in [-0.05, 0) is 49.8 Å². The second-order valence-electron chi connectivity index (χ2n) is 9.87. The molecule has 0 bridgehead atoms. The number of para-hydroxylation sites is 1. The van der Waals surface area contributed by atoms with Crippen molar-refractivity contribution in [2.24, 2.45) is 4.99 Å². The molecule has 0 saturated heterocycles. The molecule has 2 aromatic heterocycles. The van der Waals surface area contributed by atoms with Gasteiger partial charge < -0.3 is 4.74 Å². The summed E-state index contributed by atoms with van der Waals surface area (Å²) in [5, 5.41) is 17.0. The smallest absolute Gasteiger partial charge is 0.338 e. The number of thiazole rings is 1. The van der Waals surface area contributed by atoms with Crippen LogP contribution in [0.25, 0.3) is 23.0 Å². The number of nitrogens with zero attached hydrogens (tertiary/aromatic N) is 5. The van der Waals surface area contributed by atoms with Gasteiger partial charge in [0, 0.05) is 34.5 Å². The molecule has 0 amide bonds. The van der Waals surface area contributed by atoms with Crippen molar-refractivity contribution in [2.45, 2.75) is 19.9 Å². The minimum Gasteiger partial charge on any atom is -0.463 e. The van der Waals surface area contributed by atoms with E-state index in [0.29, 0.717) is 36.9 Å². The van der Waals surface area contributed by atoms with Gasteiger partial charge >= 0.3 is 5.97 Å². The first-order chi connectivity index (χ1) is 21.2. The predicted molar refractivity (Wildman–Crippen MR) is 168 cm³/mol. The molecule has 3 heterocycles. The molecule has 10 nitrogen and oxygen atoms in total. The molecular formula is C32H24ClN5O5S. The van der Waals surface area contributed by atoms with Gasteiger partial charge in [0.25, 0.3) is 11.2 Å². The van der Waals surface area contributed by atoms with E-state index in [2.05, 4.69) is 4.99 Å². The topological polar surface area (TPSA) is 122 Å². The van der Waals surface area contributed by atoms with Gasteiger partial charge in [-0.15, -0.1) is 0 Å². The summed E-state index contributed by atoms with van der Waals surface area (Å²) in [6.45, 7) is 3.45. The third-order valence-electron chi connectivity index (χ3n) is 7.08. The van der Waals surface area contributed by atoms with Crippen molar-refractivity contribution < 1.29 is 14.5 Å². The van der Waals surface area contributed by atoms with Gasteiger partial charge in [-0.25, -0.2) is 14.5 Å². The van der Waals surface area contributed by atoms with Crippen LogP contribution in [0.2, 0.25) is 5.02 Å². The average molecular weight is 626 g/mol. The van der Waals surface area contributed by atoms with E-state index in [4.69, 9.17) is 21.4 Å². The molecule has 0 aliphatic carbocycles. The molecule has 0 fully saturated rings. The van der Waals surface area contributed by atoms with Crippen LogP contribution in [0.5, 0.6) is 0 Å². The molecule has 12 heteroatoms. The molecule has 0 N–H and O–H groups in total. The van der Waals surface area contributed by atoms with Crippen LogP contribution >= 0.6 is 22.9 Å². The summed E-state index contributed by atoms with van der Waals surface area (Å²) in [4.78, 5) is 43.4. The van der Waals surface area contributed by atoms with Crippen molar-refractivity contribution >= 4 is 40.7 Å². The highest BCUT2D eigenvalue weighted by Gasteiger charge is 2.34. The summed E-state index contributed by atoms with van der Waals surface area (Å²) in [5.41, 5.74) is 3.28. The first kappa shape index (κ1) is 29.0. The van der Waals surface area contributed by atoms with Crippen LogP contribution in [0, 0.1) is 10.1 Å². The Labute approximate surface area is 259 Å². The lowest BCUT2D eigenvalue weighted by Crippen LogP contribution is -2.40. The summed E-state index contributed by atoms with van der Waals surface area (Å²) < 4.78 is 8.81. The van der Waals surface area contributed by atoms with Crippen molar-refractivity contribution in [3.05, 3.63) is 142 Å². The highest BCUT2D eigenvalue weighted by Crippen LogP contribution is 2.32. The number of non-ortho nitro benzene ring substituents is 1. The third kappa shape index (κ3) is 5.38. The molecule has 1 atom stereocenters. The van der Waals surface area contributed by atoms with E-state index in [0.717, 1.165) is 22.6 Å². The molecular weight excluding hydrogens is 602 g/mol. The van der Waals surface area contributed by atoms with Crippen LogP contribution in [0.1, 0.15) is 31.0 Å². The van der Waals surface area contributed by atoms with E-state index in [1.807, 2.05) is 48.7 Å². The SMILES string of the molecule is CCOC(=O)C1=C(C)N=c2s/c(=C\c3cn(-c4ccccc4)nc3-c3ccc(Cl)cc3)c(=O)n2C1c1cccc([N+](=O)[O-])c1. The van der Waals surface area contributed by atoms with Crippen LogP contribution < -0.4 is 14.9 Å². The van der Waals surface area contributed by atoms with E-state index >= 15 is 0 Å². The molecule has 1 aliphatic rings. The number of aromatic nitrogens is 3. The number of halogens is 1. The number of hydrogen-bond acceptors (Lipinski definition) is 8. The minimum atomic E-state index is -0.977. The first-order valence-corrected chi connectivity index (χ1v) is 14.8. The number of hydrogen-bond donors (Lipinski definition) is 0. The van der Waals surface area contributed by atoms with Crippen molar-refractivity contribution in [2.75, 3.05) is 6.61 Å². The molecule has 6 rings (SSSR count). The number of ether oxygens (including phenoxy) is 1. The number of carbonyl (C=O) groups is 1. The number of benzene rings is 3. The zero-order chi connectivity index (χ0) is 31.0. The minimum absolute atomic E-state index is 0.112. The van der Waals surface area contributed by atoms with Crippen LogP contribution in [-0.4, -0.2) is 31.8 Å². The second-order valence-corrected chi connectivity index (χ2v) is 11.3. The largest absolute Gasteiger partial charge is 0.463 e. The fourth-order valence-electron chi connectivity index (χ4n) is 5.09. The number of fused-ring (bicyclic) bond motifs is 1. The number of nitro benzene ring substituents is 1. The number of allylic oxidation sites excluding steroid dienone is 1. The monoisotopic (exact) mass is 625 g/mol. The van der Waals surface area contributed by atoms with E-state index in [1.54, 1.807) is 42.8 Å². The lowest BCUT2D eigenvalue weighted by atomic mass is 9.95. The molecule has 5 aromatic rings. The third-order valence-corrected chi connectivity index (χ3v) is 8.32. The summed E-state index contributed by atoms with van der Waals surface area (Å²) in [6, 6.07) is 21.8. The van der Waals surface area contributed by atoms with E-state index in [9.17, 15) is 19.7 Å². The number of rotatable bonds is 7. The summed E-state index contributed by atoms with van der Waals surface area (Å²) in [6.07, 6.45) is 3.58. The molecule has 44 heavy (non-hydrogen) atoms. The van der Waals surface area contributed by atoms with Crippen LogP contribution in [0.15, 0.2) is 106 Å². The Morgan fingerprint density at radius 2 is 1.86 bits per heavy atom. The van der Waals surface area contributed by atoms with Crippen LogP contribution in [0.3, 0.4) is 0 Å². The van der Waals surface area contributed by atoms with Crippen molar-refractivity contribution in [1.29, 1.82) is 0 Å². The molecule has 220 valence electrons. The first-order valence-electron chi connectivity index (χ1n) is 13.6. The van der Waals surface area contributed by atoms with Crippen molar-refractivity contribution in [3.63, 3.8) is 0 Å². The maximum Gasteiger partial charge on any atom is 0.338 e. The fraction of sp³-hybridized carbons (Fsp3) is 0.125. The quantitative estimate of drug-likeness (QED) is 0.139. The number of carbonyl (C=O) groups excluding carboxylic acids is 1. The molecule has 0 radical (unpaired) electrons. The molecule has 1 unspecified atom stereocenters. The van der Waals surface area contributed by atoms with Gasteiger partial charge in [0.1, 0.15) is 5.69 Å². The highest BCUT2D eigenvalue weighted by atomic mass is 35.5. The second kappa shape index (κ2) is 11.9. The highest BCUT2D eigenvalue weighted by molar-refractivity contribution is 7.07. The van der Waals surface area contributed by atoms with Crippen molar-refractivity contribution in [3.8, 4) is 16.9 Å². The standard InChI is InChI=1S/C32H24ClN5O5S/c1-3-43-31(40)27-19(2)34-32-37(29(27)21-8-7-11-25(16-21)38(41)42)30(39)26(44-32)17-22-18-36(24-9-5-4-6-10-24)35-28(22)20-12-14-23(33)15-13-20/h4-18,29H,3H2,1-2H3/b26-17-. The Hall–Kier alpha value is -5.13. The maximum absolute atomic E-state index is 14.2.